The molecule has 0 saturated heterocycles. The number of carbonyl (C=O) groups excluding carboxylic acids is 1. The molecule has 0 bridgehead atoms. The van der Waals surface area contributed by atoms with E-state index in [0.717, 1.165) is 0 Å². The van der Waals surface area contributed by atoms with Gasteiger partial charge in [0.15, 0.2) is 0 Å². The molecule has 0 fully saturated rings. The predicted octanol–water partition coefficient (Wildman–Crippen LogP) is 0.526. The zero-order valence-corrected chi connectivity index (χ0v) is 9.59. The molecule has 0 radical (unpaired) electrons. The lowest BCUT2D eigenvalue weighted by Crippen LogP contribution is -2.36. The van der Waals surface area contributed by atoms with Gasteiger partial charge < -0.3 is 15.4 Å². The van der Waals surface area contributed by atoms with Gasteiger partial charge in [0.2, 0.25) is 5.91 Å². The summed E-state index contributed by atoms with van der Waals surface area (Å²) in [6, 6.07) is 0.519. The van der Waals surface area contributed by atoms with E-state index in [9.17, 15) is 4.79 Å². The van der Waals surface area contributed by atoms with Crippen molar-refractivity contribution in [1.82, 2.24) is 10.6 Å². The van der Waals surface area contributed by atoms with Crippen LogP contribution < -0.4 is 10.6 Å². The number of methoxy groups -OCH3 is 1. The molecule has 84 valence electrons. The Bertz CT molecular complexity index is 160. The minimum Gasteiger partial charge on any atom is -0.383 e. The molecule has 0 spiro atoms. The third-order valence-corrected chi connectivity index (χ3v) is 1.71. The first-order chi connectivity index (χ1) is 6.56. The van der Waals surface area contributed by atoms with Crippen molar-refractivity contribution in [3.63, 3.8) is 0 Å². The SMILES string of the molecule is COCC(C)NCCC(=O)NC(C)C. The summed E-state index contributed by atoms with van der Waals surface area (Å²) < 4.78 is 4.96. The molecule has 0 heterocycles. The van der Waals surface area contributed by atoms with Crippen LogP contribution in [0.5, 0.6) is 0 Å². The predicted molar refractivity (Wildman–Crippen MR) is 57.2 cm³/mol. The van der Waals surface area contributed by atoms with Crippen LogP contribution in [0.1, 0.15) is 27.2 Å². The normalized spacial score (nSPS) is 12.9. The lowest BCUT2D eigenvalue weighted by atomic mass is 10.3. The maximum absolute atomic E-state index is 11.2. The van der Waals surface area contributed by atoms with E-state index in [1.54, 1.807) is 7.11 Å². The number of ether oxygens (including phenoxy) is 1. The molecule has 0 aromatic carbocycles. The van der Waals surface area contributed by atoms with Crippen molar-refractivity contribution in [2.45, 2.75) is 39.3 Å². The van der Waals surface area contributed by atoms with Crippen LogP contribution in [0.4, 0.5) is 0 Å². The highest BCUT2D eigenvalue weighted by Crippen LogP contribution is 1.85. The van der Waals surface area contributed by atoms with Crippen LogP contribution >= 0.6 is 0 Å². The first-order valence-electron chi connectivity index (χ1n) is 5.08. The van der Waals surface area contributed by atoms with Crippen molar-refractivity contribution in [3.8, 4) is 0 Å². The molecule has 0 aromatic rings. The minimum atomic E-state index is 0.0946. The van der Waals surface area contributed by atoms with Gasteiger partial charge in [-0.15, -0.1) is 0 Å². The minimum absolute atomic E-state index is 0.0946. The Labute approximate surface area is 86.4 Å². The highest BCUT2D eigenvalue weighted by molar-refractivity contribution is 5.76. The molecule has 14 heavy (non-hydrogen) atoms. The Morgan fingerprint density at radius 2 is 2.00 bits per heavy atom. The highest BCUT2D eigenvalue weighted by atomic mass is 16.5. The van der Waals surface area contributed by atoms with Crippen LogP contribution in [-0.4, -0.2) is 38.3 Å². The van der Waals surface area contributed by atoms with E-state index in [1.165, 1.54) is 0 Å². The number of rotatable bonds is 7. The van der Waals surface area contributed by atoms with Gasteiger partial charge in [-0.2, -0.15) is 0 Å². The molecule has 4 heteroatoms. The van der Waals surface area contributed by atoms with Gasteiger partial charge >= 0.3 is 0 Å². The number of nitrogens with one attached hydrogen (secondary N) is 2. The van der Waals surface area contributed by atoms with E-state index < -0.39 is 0 Å². The van der Waals surface area contributed by atoms with Crippen LogP contribution in [0, 0.1) is 0 Å². The fraction of sp³-hybridized carbons (Fsp3) is 0.900. The number of hydrogen-bond donors (Lipinski definition) is 2. The van der Waals surface area contributed by atoms with Gasteiger partial charge in [-0.25, -0.2) is 0 Å². The highest BCUT2D eigenvalue weighted by Gasteiger charge is 2.04. The van der Waals surface area contributed by atoms with Gasteiger partial charge in [-0.05, 0) is 20.8 Å². The van der Waals surface area contributed by atoms with Crippen LogP contribution in [0.25, 0.3) is 0 Å². The fourth-order valence-electron chi connectivity index (χ4n) is 1.14. The molecule has 0 aliphatic carbocycles. The van der Waals surface area contributed by atoms with E-state index in [2.05, 4.69) is 10.6 Å². The third kappa shape index (κ3) is 8.01. The van der Waals surface area contributed by atoms with Gasteiger partial charge in [0.25, 0.3) is 0 Å². The lowest BCUT2D eigenvalue weighted by Gasteiger charge is -2.13. The Kier molecular flexibility index (Phi) is 7.42. The quantitative estimate of drug-likeness (QED) is 0.633. The van der Waals surface area contributed by atoms with Gasteiger partial charge in [-0.1, -0.05) is 0 Å². The molecule has 0 aliphatic heterocycles. The fourth-order valence-corrected chi connectivity index (χ4v) is 1.14. The van der Waals surface area contributed by atoms with E-state index in [1.807, 2.05) is 20.8 Å². The first-order valence-corrected chi connectivity index (χ1v) is 5.08. The van der Waals surface area contributed by atoms with Crippen LogP contribution in [0.3, 0.4) is 0 Å². The Hall–Kier alpha value is -0.610. The maximum Gasteiger partial charge on any atom is 0.221 e. The van der Waals surface area contributed by atoms with Crippen molar-refractivity contribution >= 4 is 5.91 Å². The summed E-state index contributed by atoms with van der Waals surface area (Å²) in [5.74, 6) is 0.0946. The average Bonchev–Trinajstić information content (AvgIpc) is 2.02. The number of hydrogen-bond acceptors (Lipinski definition) is 3. The molecular weight excluding hydrogens is 180 g/mol. The Morgan fingerprint density at radius 3 is 2.50 bits per heavy atom. The van der Waals surface area contributed by atoms with Crippen LogP contribution in [0.15, 0.2) is 0 Å². The topological polar surface area (TPSA) is 50.4 Å². The molecule has 0 aliphatic rings. The zero-order valence-electron chi connectivity index (χ0n) is 9.59. The van der Waals surface area contributed by atoms with E-state index in [4.69, 9.17) is 4.74 Å². The van der Waals surface area contributed by atoms with Gasteiger partial charge in [0.1, 0.15) is 0 Å². The second kappa shape index (κ2) is 7.76. The monoisotopic (exact) mass is 202 g/mol. The van der Waals surface area contributed by atoms with Gasteiger partial charge in [0, 0.05) is 32.2 Å². The van der Waals surface area contributed by atoms with Crippen molar-refractivity contribution in [1.29, 1.82) is 0 Å². The summed E-state index contributed by atoms with van der Waals surface area (Å²) in [6.45, 7) is 7.32. The largest absolute Gasteiger partial charge is 0.383 e. The first kappa shape index (κ1) is 13.4. The lowest BCUT2D eigenvalue weighted by molar-refractivity contribution is -0.121. The Morgan fingerprint density at radius 1 is 1.36 bits per heavy atom. The summed E-state index contributed by atoms with van der Waals surface area (Å²) >= 11 is 0. The second-order valence-electron chi connectivity index (χ2n) is 3.78. The molecule has 1 amide bonds. The molecule has 1 unspecified atom stereocenters. The molecular formula is C10H22N2O2. The molecule has 1 atom stereocenters. The number of carbonyl (C=O) groups is 1. The Balaban J connectivity index is 3.39. The van der Waals surface area contributed by atoms with Crippen molar-refractivity contribution < 1.29 is 9.53 Å². The van der Waals surface area contributed by atoms with Crippen molar-refractivity contribution in [3.05, 3.63) is 0 Å². The summed E-state index contributed by atoms with van der Waals surface area (Å²) in [7, 11) is 1.67. The van der Waals surface area contributed by atoms with E-state index in [-0.39, 0.29) is 11.9 Å². The zero-order chi connectivity index (χ0) is 11.0. The smallest absolute Gasteiger partial charge is 0.221 e. The molecule has 2 N–H and O–H groups in total. The second-order valence-corrected chi connectivity index (χ2v) is 3.78. The third-order valence-electron chi connectivity index (χ3n) is 1.71. The van der Waals surface area contributed by atoms with Gasteiger partial charge in [0.05, 0.1) is 6.61 Å². The summed E-state index contributed by atoms with van der Waals surface area (Å²) in [4.78, 5) is 11.2. The maximum atomic E-state index is 11.2. The van der Waals surface area contributed by atoms with Crippen LogP contribution in [-0.2, 0) is 9.53 Å². The van der Waals surface area contributed by atoms with Crippen LogP contribution in [0.2, 0.25) is 0 Å². The van der Waals surface area contributed by atoms with Crippen molar-refractivity contribution in [2.75, 3.05) is 20.3 Å². The van der Waals surface area contributed by atoms with E-state index in [0.29, 0.717) is 25.6 Å². The average molecular weight is 202 g/mol. The number of amides is 1. The van der Waals surface area contributed by atoms with Gasteiger partial charge in [-0.3, -0.25) is 4.79 Å². The molecule has 0 aromatic heterocycles. The standard InChI is InChI=1S/C10H22N2O2/c1-8(2)12-10(13)5-6-11-9(3)7-14-4/h8-9,11H,5-7H2,1-4H3,(H,12,13). The summed E-state index contributed by atoms with van der Waals surface area (Å²) in [5, 5.41) is 6.04. The summed E-state index contributed by atoms with van der Waals surface area (Å²) in [5.41, 5.74) is 0. The van der Waals surface area contributed by atoms with Crippen molar-refractivity contribution in [2.24, 2.45) is 0 Å². The molecule has 0 saturated carbocycles. The summed E-state index contributed by atoms with van der Waals surface area (Å²) in [6.07, 6.45) is 0.520. The van der Waals surface area contributed by atoms with E-state index >= 15 is 0 Å². The molecule has 0 rings (SSSR count). The molecule has 4 nitrogen and oxygen atoms in total.